The van der Waals surface area contributed by atoms with Gasteiger partial charge in [0.05, 0.1) is 27.9 Å². The lowest BCUT2D eigenvalue weighted by Gasteiger charge is -2.09. The second kappa shape index (κ2) is 8.86. The topological polar surface area (TPSA) is 149 Å². The maximum atomic E-state index is 12.5. The molecule has 0 aliphatic carbocycles. The maximum Gasteiger partial charge on any atom is 0.474 e. The number of nitrogens with zero attached hydrogens (tertiary/aromatic N) is 4. The molecule has 37 heavy (non-hydrogen) atoms. The summed E-state index contributed by atoms with van der Waals surface area (Å²) in [5.41, 5.74) is 9.45. The van der Waals surface area contributed by atoms with E-state index in [2.05, 4.69) is 15.1 Å². The highest BCUT2D eigenvalue weighted by molar-refractivity contribution is 7.92. The first-order chi connectivity index (χ1) is 17.8. The molecule has 2 aliphatic heterocycles. The molecule has 0 bridgehead atoms. The Hall–Kier alpha value is -3.96. The van der Waals surface area contributed by atoms with Crippen molar-refractivity contribution in [3.8, 4) is 34.0 Å². The number of benzene rings is 2. The Bertz CT molecular complexity index is 1620. The summed E-state index contributed by atoms with van der Waals surface area (Å²) in [5, 5.41) is 3.67. The van der Waals surface area contributed by atoms with Crippen LogP contribution < -0.4 is 5.73 Å². The minimum atomic E-state index is -3.39. The van der Waals surface area contributed by atoms with E-state index < -0.39 is 15.1 Å². The van der Waals surface area contributed by atoms with Gasteiger partial charge in [-0.3, -0.25) is 0 Å². The summed E-state index contributed by atoms with van der Waals surface area (Å²) in [7, 11) is -1.70. The molecule has 2 saturated heterocycles. The highest BCUT2D eigenvalue weighted by Crippen LogP contribution is 2.34. The second-order valence-electron chi connectivity index (χ2n) is 8.97. The van der Waals surface area contributed by atoms with Crippen molar-refractivity contribution in [3.63, 3.8) is 0 Å². The van der Waals surface area contributed by atoms with Crippen LogP contribution in [0, 0.1) is 0 Å². The van der Waals surface area contributed by atoms with Crippen LogP contribution in [-0.4, -0.2) is 54.9 Å². The normalized spacial score (nSPS) is 17.5. The van der Waals surface area contributed by atoms with E-state index >= 15 is 0 Å². The van der Waals surface area contributed by atoms with Gasteiger partial charge in [0.25, 0.3) is 0 Å². The Morgan fingerprint density at radius 3 is 2.41 bits per heavy atom. The first-order valence-electron chi connectivity index (χ1n) is 11.6. The summed E-state index contributed by atoms with van der Waals surface area (Å²) < 4.78 is 41.3. The average Bonchev–Trinajstić information content (AvgIpc) is 3.82. The standard InChI is InChI=1S/C24H20B2N5O5S/c1-13(2)37(32,33)17-9-5-15(6-10-17)19-12-28-22(30-24-26(35-24)23-25-34-23)21(29-19)20-11-18(31-36-20)14-3-7-16(27)8-4-14/h3-13,23H,27H2,1-2H3. The predicted octanol–water partition coefficient (Wildman–Crippen LogP) is 3.34. The van der Waals surface area contributed by atoms with Gasteiger partial charge in [-0.1, -0.05) is 29.4 Å². The van der Waals surface area contributed by atoms with Gasteiger partial charge in [-0.05, 0) is 38.1 Å². The Balaban J connectivity index is 1.38. The Morgan fingerprint density at radius 2 is 1.73 bits per heavy atom. The van der Waals surface area contributed by atoms with E-state index in [1.165, 1.54) is 0 Å². The number of aliphatic imine (C=N–C) groups is 1. The Labute approximate surface area is 214 Å². The van der Waals surface area contributed by atoms with Crippen molar-refractivity contribution in [2.75, 3.05) is 5.73 Å². The molecule has 2 aliphatic rings. The van der Waals surface area contributed by atoms with Crippen LogP contribution in [0.2, 0.25) is 0 Å². The molecule has 0 spiro atoms. The molecule has 13 heteroatoms. The van der Waals surface area contributed by atoms with Gasteiger partial charge in [-0.2, -0.15) is 0 Å². The van der Waals surface area contributed by atoms with Gasteiger partial charge in [0.15, 0.2) is 32.9 Å². The van der Waals surface area contributed by atoms with E-state index in [0.717, 1.165) is 5.56 Å². The van der Waals surface area contributed by atoms with Gasteiger partial charge in [-0.15, -0.1) is 0 Å². The van der Waals surface area contributed by atoms with Crippen LogP contribution in [0.25, 0.3) is 34.0 Å². The molecule has 2 aromatic heterocycles. The molecule has 1 atom stereocenters. The van der Waals surface area contributed by atoms with Crippen LogP contribution in [-0.2, 0) is 19.1 Å². The average molecular weight is 512 g/mol. The molecule has 0 amide bonds. The van der Waals surface area contributed by atoms with Crippen LogP contribution in [0.15, 0.2) is 75.2 Å². The third kappa shape index (κ3) is 4.63. The largest absolute Gasteiger partial charge is 0.544 e. The van der Waals surface area contributed by atoms with Gasteiger partial charge in [-0.25, -0.2) is 23.4 Å². The zero-order valence-corrected chi connectivity index (χ0v) is 20.7. The number of hydrogen-bond acceptors (Lipinski definition) is 10. The number of nitrogen functional groups attached to an aromatic ring is 1. The number of sulfone groups is 1. The van der Waals surface area contributed by atoms with Crippen molar-refractivity contribution in [3.05, 3.63) is 60.8 Å². The Kier molecular flexibility index (Phi) is 5.61. The second-order valence-corrected chi connectivity index (χ2v) is 11.5. The monoisotopic (exact) mass is 512 g/mol. The zero-order chi connectivity index (χ0) is 25.7. The molecule has 6 rings (SSSR count). The summed E-state index contributed by atoms with van der Waals surface area (Å²) in [4.78, 5) is 14.0. The van der Waals surface area contributed by atoms with Gasteiger partial charge >= 0.3 is 14.4 Å². The maximum absolute atomic E-state index is 12.5. The van der Waals surface area contributed by atoms with E-state index in [1.54, 1.807) is 70.0 Å². The molecular weight excluding hydrogens is 492 g/mol. The van der Waals surface area contributed by atoms with Crippen LogP contribution >= 0.6 is 0 Å². The van der Waals surface area contributed by atoms with Crippen LogP contribution in [0.5, 0.6) is 0 Å². The first-order valence-corrected chi connectivity index (χ1v) is 13.1. The van der Waals surface area contributed by atoms with Crippen molar-refractivity contribution in [2.45, 2.75) is 29.9 Å². The Morgan fingerprint density at radius 1 is 1.05 bits per heavy atom. The van der Waals surface area contributed by atoms with E-state index in [4.69, 9.17) is 24.5 Å². The molecule has 1 unspecified atom stereocenters. The van der Waals surface area contributed by atoms with E-state index in [1.807, 2.05) is 12.1 Å². The molecule has 183 valence electrons. The zero-order valence-electron chi connectivity index (χ0n) is 19.9. The molecule has 4 heterocycles. The summed E-state index contributed by atoms with van der Waals surface area (Å²) in [5.74, 6) is 1.09. The number of hydrogen-bond donors (Lipinski definition) is 1. The lowest BCUT2D eigenvalue weighted by molar-refractivity contribution is 0.433. The molecule has 2 fully saturated rings. The quantitative estimate of drug-likeness (QED) is 0.224. The lowest BCUT2D eigenvalue weighted by Crippen LogP contribution is -2.13. The fraction of sp³-hybridized carbons (Fsp3) is 0.167. The number of anilines is 1. The van der Waals surface area contributed by atoms with E-state index in [0.29, 0.717) is 45.7 Å². The summed E-state index contributed by atoms with van der Waals surface area (Å²) >= 11 is 0. The fourth-order valence-electron chi connectivity index (χ4n) is 3.72. The molecule has 2 N–H and O–H groups in total. The summed E-state index contributed by atoms with van der Waals surface area (Å²) in [6.45, 7) is 3.09. The van der Waals surface area contributed by atoms with Gasteiger partial charge < -0.3 is 19.6 Å². The van der Waals surface area contributed by atoms with Crippen molar-refractivity contribution in [2.24, 2.45) is 4.99 Å². The summed E-state index contributed by atoms with van der Waals surface area (Å²) in [6.07, 6.45) is 1.57. The van der Waals surface area contributed by atoms with Crippen LogP contribution in [0.3, 0.4) is 0 Å². The van der Waals surface area contributed by atoms with Crippen LogP contribution in [0.1, 0.15) is 13.8 Å². The van der Waals surface area contributed by atoms with E-state index in [9.17, 15) is 8.42 Å². The third-order valence-electron chi connectivity index (χ3n) is 6.04. The molecule has 1 radical (unpaired) electrons. The highest BCUT2D eigenvalue weighted by Gasteiger charge is 2.57. The van der Waals surface area contributed by atoms with Crippen molar-refractivity contribution in [1.29, 1.82) is 0 Å². The minimum Gasteiger partial charge on any atom is -0.544 e. The predicted molar refractivity (Wildman–Crippen MR) is 140 cm³/mol. The van der Waals surface area contributed by atoms with Gasteiger partial charge in [0.1, 0.15) is 5.69 Å². The number of nitrogens with two attached hydrogens (primary N) is 1. The SMILES string of the molecule is CC(C)S(=O)(=O)c1ccc(-c2cnc(N=C3OB3C3[B]O3)c(-c3cc(-c4ccc(N)cc4)no3)n2)cc1. The van der Waals surface area contributed by atoms with Gasteiger partial charge in [0.2, 0.25) is 0 Å². The first kappa shape index (κ1) is 23.4. The summed E-state index contributed by atoms with van der Waals surface area (Å²) in [6, 6.07) is 15.6. The molecule has 4 aromatic rings. The molecule has 2 aromatic carbocycles. The smallest absolute Gasteiger partial charge is 0.474 e. The third-order valence-corrected chi connectivity index (χ3v) is 8.21. The molecule has 10 nitrogen and oxygen atoms in total. The lowest BCUT2D eigenvalue weighted by atomic mass is 9.65. The number of rotatable bonds is 7. The number of aromatic nitrogens is 3. The van der Waals surface area contributed by atoms with Crippen molar-refractivity contribution >= 4 is 41.5 Å². The fourth-order valence-corrected chi connectivity index (χ4v) is 4.78. The van der Waals surface area contributed by atoms with Gasteiger partial charge in [0, 0.05) is 22.9 Å². The van der Waals surface area contributed by atoms with Crippen molar-refractivity contribution < 1.29 is 22.2 Å². The molecule has 0 saturated carbocycles. The molecular formula is C24H20B2N5O5S. The van der Waals surface area contributed by atoms with E-state index in [-0.39, 0.29) is 17.7 Å². The van der Waals surface area contributed by atoms with Crippen molar-refractivity contribution in [1.82, 2.24) is 15.1 Å². The van der Waals surface area contributed by atoms with Crippen LogP contribution in [0.4, 0.5) is 11.5 Å². The highest BCUT2D eigenvalue weighted by atomic mass is 32.2. The minimum absolute atomic E-state index is 0.0857.